The van der Waals surface area contributed by atoms with E-state index in [1.54, 1.807) is 7.05 Å². The van der Waals surface area contributed by atoms with E-state index >= 15 is 0 Å². The van der Waals surface area contributed by atoms with Crippen LogP contribution in [0.3, 0.4) is 0 Å². The van der Waals surface area contributed by atoms with E-state index in [1.807, 2.05) is 0 Å². The van der Waals surface area contributed by atoms with Crippen molar-refractivity contribution in [3.05, 3.63) is 26.7 Å². The fraction of sp³-hybridized carbons (Fsp3) is 0.643. The number of nitrogens with zero attached hydrogens (tertiary/aromatic N) is 3. The Labute approximate surface area is 127 Å². The third-order valence-electron chi connectivity index (χ3n) is 4.18. The van der Waals surface area contributed by atoms with E-state index in [1.165, 1.54) is 16.5 Å². The fourth-order valence-electron chi connectivity index (χ4n) is 3.23. The van der Waals surface area contributed by atoms with Crippen LogP contribution in [0, 0.1) is 0 Å². The third kappa shape index (κ3) is 2.48. The van der Waals surface area contributed by atoms with Crippen LogP contribution in [0.5, 0.6) is 0 Å². The van der Waals surface area contributed by atoms with Crippen LogP contribution in [-0.2, 0) is 25.4 Å². The second-order valence-electron chi connectivity index (χ2n) is 6.18. The van der Waals surface area contributed by atoms with Crippen molar-refractivity contribution in [2.45, 2.75) is 32.6 Å². The number of nitrogens with one attached hydrogen (secondary N) is 2. The van der Waals surface area contributed by atoms with Crippen LogP contribution in [-0.4, -0.2) is 44.4 Å². The van der Waals surface area contributed by atoms with Crippen LogP contribution < -0.4 is 16.1 Å². The van der Waals surface area contributed by atoms with Gasteiger partial charge in [0.15, 0.2) is 11.5 Å². The number of aromatic amines is 1. The van der Waals surface area contributed by atoms with Crippen LogP contribution in [0.4, 0.5) is 0 Å². The van der Waals surface area contributed by atoms with E-state index in [0.29, 0.717) is 17.7 Å². The smallest absolute Gasteiger partial charge is 0.332 e. The van der Waals surface area contributed by atoms with E-state index < -0.39 is 0 Å². The monoisotopic (exact) mass is 308 g/mol. The Kier molecular flexibility index (Phi) is 3.65. The van der Waals surface area contributed by atoms with Gasteiger partial charge in [-0.3, -0.25) is 13.9 Å². The first-order valence-electron chi connectivity index (χ1n) is 7.50. The van der Waals surface area contributed by atoms with Gasteiger partial charge in [0.1, 0.15) is 37.4 Å². The molecule has 0 amide bonds. The summed E-state index contributed by atoms with van der Waals surface area (Å²) in [7, 11) is 3.10. The van der Waals surface area contributed by atoms with Gasteiger partial charge >= 0.3 is 5.69 Å². The van der Waals surface area contributed by atoms with Crippen molar-refractivity contribution < 1.29 is 9.64 Å². The van der Waals surface area contributed by atoms with Gasteiger partial charge in [0, 0.05) is 14.1 Å². The van der Waals surface area contributed by atoms with Crippen molar-refractivity contribution in [2.75, 3.05) is 13.1 Å². The molecule has 0 saturated carbocycles. The summed E-state index contributed by atoms with van der Waals surface area (Å²) in [4.78, 5) is 33.0. The highest BCUT2D eigenvalue weighted by molar-refractivity contribution is 5.69. The number of quaternary nitrogens is 1. The van der Waals surface area contributed by atoms with Crippen molar-refractivity contribution in [3.8, 4) is 0 Å². The topological polar surface area (TPSA) is 86.4 Å². The summed E-state index contributed by atoms with van der Waals surface area (Å²) in [5.74, 6) is 0.726. The summed E-state index contributed by atoms with van der Waals surface area (Å²) in [6, 6.07) is 0. The number of imidazole rings is 1. The summed E-state index contributed by atoms with van der Waals surface area (Å²) in [6.07, 6.45) is 0.417. The van der Waals surface area contributed by atoms with E-state index in [-0.39, 0.29) is 23.5 Å². The first-order valence-corrected chi connectivity index (χ1v) is 7.50. The fourth-order valence-corrected chi connectivity index (χ4v) is 3.23. The Morgan fingerprint density at radius 2 is 1.86 bits per heavy atom. The number of aryl methyl sites for hydroxylation is 1. The Bertz CT molecular complexity index is 808. The molecule has 2 N–H and O–H groups in total. The molecule has 120 valence electrons. The number of rotatable bonds is 2. The van der Waals surface area contributed by atoms with Crippen molar-refractivity contribution in [2.24, 2.45) is 14.1 Å². The van der Waals surface area contributed by atoms with Crippen LogP contribution in [0.25, 0.3) is 11.2 Å². The Balaban J connectivity index is 1.96. The minimum Gasteiger partial charge on any atom is -0.364 e. The van der Waals surface area contributed by atoms with Gasteiger partial charge in [0.05, 0.1) is 0 Å². The number of H-pyrrole nitrogens is 1. The average Bonchev–Trinajstić information content (AvgIpc) is 2.85. The minimum absolute atomic E-state index is 0.209. The summed E-state index contributed by atoms with van der Waals surface area (Å²) in [5.41, 5.74) is 0.0947. The largest absolute Gasteiger partial charge is 0.364 e. The molecule has 0 bridgehead atoms. The summed E-state index contributed by atoms with van der Waals surface area (Å²) in [5, 5.41) is 0. The van der Waals surface area contributed by atoms with Crippen molar-refractivity contribution in [1.82, 2.24) is 19.1 Å². The van der Waals surface area contributed by atoms with E-state index in [4.69, 9.17) is 4.74 Å². The molecule has 3 rings (SSSR count). The van der Waals surface area contributed by atoms with Crippen molar-refractivity contribution in [3.63, 3.8) is 0 Å². The van der Waals surface area contributed by atoms with E-state index in [2.05, 4.69) is 23.8 Å². The first-order chi connectivity index (χ1) is 10.4. The molecule has 1 unspecified atom stereocenters. The molecule has 0 aliphatic carbocycles. The van der Waals surface area contributed by atoms with Gasteiger partial charge in [-0.2, -0.15) is 0 Å². The summed E-state index contributed by atoms with van der Waals surface area (Å²) >= 11 is 0. The normalized spacial score (nSPS) is 25.7. The zero-order chi connectivity index (χ0) is 16.0. The van der Waals surface area contributed by atoms with Crippen molar-refractivity contribution >= 4 is 11.2 Å². The second-order valence-corrected chi connectivity index (χ2v) is 6.18. The molecule has 8 heteroatoms. The molecule has 2 aromatic rings. The number of morpholine rings is 1. The molecule has 2 aromatic heterocycles. The molecular formula is C14H22N5O3+. The Hall–Kier alpha value is -1.93. The predicted molar refractivity (Wildman–Crippen MR) is 81.0 cm³/mol. The van der Waals surface area contributed by atoms with Gasteiger partial charge in [-0.25, -0.2) is 9.78 Å². The highest BCUT2D eigenvalue weighted by Crippen LogP contribution is 2.04. The number of aromatic nitrogens is 4. The molecule has 8 nitrogen and oxygen atoms in total. The number of hydrogen-bond acceptors (Lipinski definition) is 4. The summed E-state index contributed by atoms with van der Waals surface area (Å²) in [6.45, 7) is 6.61. The van der Waals surface area contributed by atoms with Crippen molar-refractivity contribution in [1.29, 1.82) is 0 Å². The lowest BCUT2D eigenvalue weighted by atomic mass is 10.2. The number of hydrogen-bond donors (Lipinski definition) is 2. The van der Waals surface area contributed by atoms with Gasteiger partial charge in [-0.05, 0) is 13.8 Å². The van der Waals surface area contributed by atoms with E-state index in [9.17, 15) is 9.59 Å². The third-order valence-corrected chi connectivity index (χ3v) is 4.18. The molecule has 3 heterocycles. The Morgan fingerprint density at radius 3 is 2.50 bits per heavy atom. The molecule has 1 fully saturated rings. The molecule has 1 saturated heterocycles. The molecule has 1 aliphatic rings. The highest BCUT2D eigenvalue weighted by Gasteiger charge is 2.26. The van der Waals surface area contributed by atoms with Crippen LogP contribution in [0.15, 0.2) is 9.59 Å². The summed E-state index contributed by atoms with van der Waals surface area (Å²) < 4.78 is 8.23. The SMILES string of the molecule is C[C@@H]1C[NH+](Cc2nc3c([nH]2)c(=O)n(C)c(=O)n3C)C[C@H](C)O1. The molecule has 1 aliphatic heterocycles. The zero-order valence-electron chi connectivity index (χ0n) is 13.3. The van der Waals surface area contributed by atoms with Gasteiger partial charge in [-0.1, -0.05) is 0 Å². The lowest BCUT2D eigenvalue weighted by molar-refractivity contribution is -0.928. The lowest BCUT2D eigenvalue weighted by Crippen LogP contribution is -3.14. The second kappa shape index (κ2) is 5.36. The zero-order valence-corrected chi connectivity index (χ0v) is 13.3. The average molecular weight is 308 g/mol. The van der Waals surface area contributed by atoms with Crippen LogP contribution >= 0.6 is 0 Å². The maximum Gasteiger partial charge on any atom is 0.332 e. The molecule has 0 aromatic carbocycles. The first kappa shape index (κ1) is 15.0. The van der Waals surface area contributed by atoms with Gasteiger partial charge < -0.3 is 14.6 Å². The molecule has 3 atom stereocenters. The maximum atomic E-state index is 12.2. The molecular weight excluding hydrogens is 286 g/mol. The minimum atomic E-state index is -0.364. The standard InChI is InChI=1S/C14H21N5O3/c1-8-5-19(6-9(2)22-8)7-10-15-11-12(16-10)17(3)14(21)18(4)13(11)20/h8-9H,5-7H2,1-4H3,(H,15,16)/p+1/t8-,9+. The molecule has 22 heavy (non-hydrogen) atoms. The number of fused-ring (bicyclic) bond motifs is 1. The van der Waals surface area contributed by atoms with Gasteiger partial charge in [0.2, 0.25) is 0 Å². The molecule has 0 radical (unpaired) electrons. The van der Waals surface area contributed by atoms with Crippen LogP contribution in [0.1, 0.15) is 19.7 Å². The van der Waals surface area contributed by atoms with Gasteiger partial charge in [0.25, 0.3) is 5.56 Å². The highest BCUT2D eigenvalue weighted by atomic mass is 16.5. The van der Waals surface area contributed by atoms with E-state index in [0.717, 1.165) is 23.5 Å². The quantitative estimate of drug-likeness (QED) is 0.682. The maximum absolute atomic E-state index is 12.2. The Morgan fingerprint density at radius 1 is 1.23 bits per heavy atom. The number of ether oxygens (including phenoxy) is 1. The lowest BCUT2D eigenvalue weighted by Gasteiger charge is -2.31. The molecule has 0 spiro atoms. The van der Waals surface area contributed by atoms with Gasteiger partial charge in [-0.15, -0.1) is 0 Å². The predicted octanol–water partition coefficient (Wildman–Crippen LogP) is -1.85. The van der Waals surface area contributed by atoms with Crippen LogP contribution in [0.2, 0.25) is 0 Å².